The van der Waals surface area contributed by atoms with Crippen LogP contribution in [0.4, 0.5) is 17.6 Å². The van der Waals surface area contributed by atoms with E-state index in [1.807, 2.05) is 0 Å². The van der Waals surface area contributed by atoms with Gasteiger partial charge in [-0.2, -0.15) is 13.2 Å². The van der Waals surface area contributed by atoms with Crippen LogP contribution in [-0.2, 0) is 11.8 Å². The van der Waals surface area contributed by atoms with E-state index in [4.69, 9.17) is 0 Å². The number of aliphatic hydroxyl groups is 1. The maximum Gasteiger partial charge on any atom is 0.419 e. The zero-order valence-electron chi connectivity index (χ0n) is 16.0. The Morgan fingerprint density at radius 2 is 1.59 bits per heavy atom. The second-order valence-corrected chi connectivity index (χ2v) is 8.63. The highest BCUT2D eigenvalue weighted by molar-refractivity contribution is 5.31. The van der Waals surface area contributed by atoms with Crippen LogP contribution in [0.3, 0.4) is 0 Å². The van der Waals surface area contributed by atoms with Crippen molar-refractivity contribution < 1.29 is 22.7 Å². The Morgan fingerprint density at radius 3 is 2.15 bits per heavy atom. The van der Waals surface area contributed by atoms with Crippen LogP contribution in [0.15, 0.2) is 18.2 Å². The van der Waals surface area contributed by atoms with Gasteiger partial charge in [0.2, 0.25) is 0 Å². The van der Waals surface area contributed by atoms with Crippen molar-refractivity contribution in [1.82, 2.24) is 0 Å². The van der Waals surface area contributed by atoms with Gasteiger partial charge < -0.3 is 5.11 Å². The van der Waals surface area contributed by atoms with Crippen molar-refractivity contribution in [2.75, 3.05) is 0 Å². The van der Waals surface area contributed by atoms with Gasteiger partial charge in [-0.05, 0) is 74.0 Å². The van der Waals surface area contributed by atoms with Gasteiger partial charge in [0.15, 0.2) is 0 Å². The number of hydrogen-bond donors (Lipinski definition) is 1. The largest absolute Gasteiger partial charge is 0.419 e. The summed E-state index contributed by atoms with van der Waals surface area (Å²) in [5.41, 5.74) is -2.37. The van der Waals surface area contributed by atoms with Gasteiger partial charge in [-0.15, -0.1) is 0 Å². The lowest BCUT2D eigenvalue weighted by molar-refractivity contribution is -0.140. The molecule has 0 aromatic heterocycles. The molecule has 2 fully saturated rings. The third kappa shape index (κ3) is 4.67. The molecule has 0 heterocycles. The molecule has 1 nitrogen and oxygen atoms in total. The molecule has 152 valence electrons. The molecule has 2 aliphatic carbocycles. The van der Waals surface area contributed by atoms with E-state index in [9.17, 15) is 22.7 Å². The molecule has 0 atom stereocenters. The summed E-state index contributed by atoms with van der Waals surface area (Å²) < 4.78 is 52.5. The zero-order valence-corrected chi connectivity index (χ0v) is 16.0. The summed E-state index contributed by atoms with van der Waals surface area (Å²) in [6, 6.07) is 2.93. The van der Waals surface area contributed by atoms with Gasteiger partial charge in [-0.1, -0.05) is 38.7 Å². The van der Waals surface area contributed by atoms with Crippen molar-refractivity contribution in [2.45, 2.75) is 82.9 Å². The lowest BCUT2D eigenvalue weighted by atomic mass is 9.66. The van der Waals surface area contributed by atoms with E-state index in [1.165, 1.54) is 44.6 Å². The normalized spacial score (nSPS) is 32.4. The maximum absolute atomic E-state index is 13.5. The van der Waals surface area contributed by atoms with Crippen molar-refractivity contribution in [2.24, 2.45) is 17.8 Å². The quantitative estimate of drug-likeness (QED) is 0.562. The molecule has 1 aromatic rings. The Balaban J connectivity index is 1.63. The Kier molecular flexibility index (Phi) is 6.19. The fourth-order valence-electron chi connectivity index (χ4n) is 5.27. The fourth-order valence-corrected chi connectivity index (χ4v) is 5.27. The minimum absolute atomic E-state index is 0.196. The van der Waals surface area contributed by atoms with Gasteiger partial charge in [0.05, 0.1) is 11.2 Å². The Bertz CT molecular complexity index is 624. The molecule has 0 aliphatic heterocycles. The molecular weight excluding hydrogens is 356 g/mol. The number of hydrogen-bond acceptors (Lipinski definition) is 1. The molecular formula is C22H30F4O. The Morgan fingerprint density at radius 1 is 1.00 bits per heavy atom. The SMILES string of the molecule is CCCC1CCC(C2CCC(O)(c3ccc(F)c(C(F)(F)F)c3)CC2)CC1. The molecule has 0 radical (unpaired) electrons. The standard InChI is InChI=1S/C22H30F4O/c1-2-3-15-4-6-16(7-5-15)17-10-12-21(27,13-11-17)18-8-9-20(23)19(14-18)22(24,25)26/h8-9,14-17,27H,2-7,10-13H2,1H3. The predicted octanol–water partition coefficient (Wildman–Crippen LogP) is 6.83. The molecule has 0 unspecified atom stereocenters. The fraction of sp³-hybridized carbons (Fsp3) is 0.727. The monoisotopic (exact) mass is 386 g/mol. The third-order valence-electron chi connectivity index (χ3n) is 6.92. The number of halogens is 4. The minimum Gasteiger partial charge on any atom is -0.385 e. The molecule has 1 aromatic carbocycles. The Hall–Kier alpha value is -1.10. The average molecular weight is 386 g/mol. The van der Waals surface area contributed by atoms with E-state index < -0.39 is 23.2 Å². The molecule has 3 rings (SSSR count). The zero-order chi connectivity index (χ0) is 19.7. The molecule has 0 amide bonds. The van der Waals surface area contributed by atoms with Crippen LogP contribution in [-0.4, -0.2) is 5.11 Å². The van der Waals surface area contributed by atoms with Gasteiger partial charge in [0.1, 0.15) is 5.82 Å². The summed E-state index contributed by atoms with van der Waals surface area (Å²) in [7, 11) is 0. The lowest BCUT2D eigenvalue weighted by Gasteiger charge is -2.41. The van der Waals surface area contributed by atoms with E-state index >= 15 is 0 Å². The lowest BCUT2D eigenvalue weighted by Crippen LogP contribution is -2.35. The van der Waals surface area contributed by atoms with Crippen molar-refractivity contribution in [3.63, 3.8) is 0 Å². The van der Waals surface area contributed by atoms with Crippen LogP contribution in [0.2, 0.25) is 0 Å². The first kappa shape index (κ1) is 20.6. The van der Waals surface area contributed by atoms with E-state index in [0.29, 0.717) is 24.7 Å². The molecule has 27 heavy (non-hydrogen) atoms. The van der Waals surface area contributed by atoms with Crippen LogP contribution < -0.4 is 0 Å². The molecule has 0 saturated heterocycles. The van der Waals surface area contributed by atoms with Crippen LogP contribution in [0.25, 0.3) is 0 Å². The third-order valence-corrected chi connectivity index (χ3v) is 6.92. The second-order valence-electron chi connectivity index (χ2n) is 8.63. The van der Waals surface area contributed by atoms with Crippen LogP contribution >= 0.6 is 0 Å². The molecule has 5 heteroatoms. The first-order chi connectivity index (χ1) is 12.7. The first-order valence-corrected chi connectivity index (χ1v) is 10.3. The van der Waals surface area contributed by atoms with Crippen molar-refractivity contribution in [1.29, 1.82) is 0 Å². The molecule has 1 N–H and O–H groups in total. The van der Waals surface area contributed by atoms with Gasteiger partial charge in [-0.3, -0.25) is 0 Å². The van der Waals surface area contributed by atoms with E-state index in [2.05, 4.69) is 6.92 Å². The van der Waals surface area contributed by atoms with Crippen LogP contribution in [0.1, 0.15) is 82.3 Å². The van der Waals surface area contributed by atoms with Crippen LogP contribution in [0, 0.1) is 23.6 Å². The molecule has 2 saturated carbocycles. The first-order valence-electron chi connectivity index (χ1n) is 10.3. The summed E-state index contributed by atoms with van der Waals surface area (Å²) in [6.07, 6.45) is 5.42. The van der Waals surface area contributed by atoms with Gasteiger partial charge >= 0.3 is 6.18 Å². The van der Waals surface area contributed by atoms with Gasteiger partial charge in [0, 0.05) is 0 Å². The van der Waals surface area contributed by atoms with Gasteiger partial charge in [0.25, 0.3) is 0 Å². The van der Waals surface area contributed by atoms with Gasteiger partial charge in [-0.25, -0.2) is 4.39 Å². The van der Waals surface area contributed by atoms with Crippen molar-refractivity contribution in [3.8, 4) is 0 Å². The highest BCUT2D eigenvalue weighted by Gasteiger charge is 2.40. The number of rotatable bonds is 4. The summed E-state index contributed by atoms with van der Waals surface area (Å²) in [6.45, 7) is 2.23. The van der Waals surface area contributed by atoms with Crippen LogP contribution in [0.5, 0.6) is 0 Å². The average Bonchev–Trinajstić information content (AvgIpc) is 2.63. The van der Waals surface area contributed by atoms with E-state index in [-0.39, 0.29) is 5.56 Å². The number of benzene rings is 1. The minimum atomic E-state index is -4.75. The molecule has 0 bridgehead atoms. The smallest absolute Gasteiger partial charge is 0.385 e. The summed E-state index contributed by atoms with van der Waals surface area (Å²) in [5.74, 6) is 0.802. The number of alkyl halides is 3. The van der Waals surface area contributed by atoms with E-state index in [0.717, 1.165) is 30.9 Å². The summed E-state index contributed by atoms with van der Waals surface area (Å²) in [4.78, 5) is 0. The van der Waals surface area contributed by atoms with E-state index in [1.54, 1.807) is 0 Å². The molecule has 0 spiro atoms. The highest BCUT2D eigenvalue weighted by Crippen LogP contribution is 2.47. The topological polar surface area (TPSA) is 20.2 Å². The molecule has 2 aliphatic rings. The summed E-state index contributed by atoms with van der Waals surface area (Å²) in [5, 5.41) is 11.0. The second kappa shape index (κ2) is 8.10. The summed E-state index contributed by atoms with van der Waals surface area (Å²) >= 11 is 0. The van der Waals surface area contributed by atoms with Crippen molar-refractivity contribution >= 4 is 0 Å². The predicted molar refractivity (Wildman–Crippen MR) is 97.6 cm³/mol. The van der Waals surface area contributed by atoms with Crippen molar-refractivity contribution in [3.05, 3.63) is 35.1 Å². The maximum atomic E-state index is 13.5. The highest BCUT2D eigenvalue weighted by atomic mass is 19.4. The Labute approximate surface area is 159 Å².